The maximum atomic E-state index is 12.2. The molecule has 1 atom stereocenters. The molecule has 1 aromatic rings. The molecule has 0 radical (unpaired) electrons. The highest BCUT2D eigenvalue weighted by Gasteiger charge is 2.29. The van der Waals surface area contributed by atoms with Gasteiger partial charge in [-0.15, -0.1) is 17.9 Å². The minimum Gasteiger partial charge on any atom is -0.476 e. The van der Waals surface area contributed by atoms with Crippen LogP contribution < -0.4 is 0 Å². The van der Waals surface area contributed by atoms with Gasteiger partial charge in [-0.1, -0.05) is 6.08 Å². The van der Waals surface area contributed by atoms with Crippen LogP contribution in [0.4, 0.5) is 0 Å². The lowest BCUT2D eigenvalue weighted by Gasteiger charge is -2.31. The SMILES string of the molecule is C=CCCS(=O)(=O)N1CCCC(Cc2nc(C(=O)O)cs2)C1. The number of piperidine rings is 1. The average Bonchev–Trinajstić information content (AvgIpc) is 2.94. The molecule has 1 saturated heterocycles. The van der Waals surface area contributed by atoms with Crippen molar-refractivity contribution in [3.63, 3.8) is 0 Å². The molecule has 0 spiro atoms. The Morgan fingerprint density at radius 1 is 1.59 bits per heavy atom. The molecule has 22 heavy (non-hydrogen) atoms. The zero-order chi connectivity index (χ0) is 16.2. The van der Waals surface area contributed by atoms with Gasteiger partial charge in [-0.3, -0.25) is 0 Å². The van der Waals surface area contributed by atoms with E-state index in [0.717, 1.165) is 17.8 Å². The maximum Gasteiger partial charge on any atom is 0.355 e. The van der Waals surface area contributed by atoms with Crippen molar-refractivity contribution < 1.29 is 18.3 Å². The maximum absolute atomic E-state index is 12.2. The molecule has 8 heteroatoms. The van der Waals surface area contributed by atoms with Crippen molar-refractivity contribution in [3.05, 3.63) is 28.7 Å². The van der Waals surface area contributed by atoms with Crippen LogP contribution >= 0.6 is 11.3 Å². The fourth-order valence-electron chi connectivity index (χ4n) is 2.56. The second-order valence-corrected chi connectivity index (χ2v) is 8.43. The highest BCUT2D eigenvalue weighted by molar-refractivity contribution is 7.89. The first-order valence-electron chi connectivity index (χ1n) is 7.19. The summed E-state index contributed by atoms with van der Waals surface area (Å²) in [5.41, 5.74) is 0.0614. The predicted molar refractivity (Wildman–Crippen MR) is 85.7 cm³/mol. The molecule has 0 aromatic carbocycles. The van der Waals surface area contributed by atoms with Gasteiger partial charge in [0.2, 0.25) is 10.0 Å². The summed E-state index contributed by atoms with van der Waals surface area (Å²) in [5, 5.41) is 11.2. The van der Waals surface area contributed by atoms with Gasteiger partial charge in [0.1, 0.15) is 0 Å². The molecule has 6 nitrogen and oxygen atoms in total. The Morgan fingerprint density at radius 3 is 3.00 bits per heavy atom. The van der Waals surface area contributed by atoms with Gasteiger partial charge in [0.15, 0.2) is 5.69 Å². The van der Waals surface area contributed by atoms with Crippen molar-refractivity contribution in [2.24, 2.45) is 5.92 Å². The number of sulfonamides is 1. The number of thiazole rings is 1. The number of hydrogen-bond acceptors (Lipinski definition) is 5. The van der Waals surface area contributed by atoms with E-state index in [9.17, 15) is 13.2 Å². The minimum absolute atomic E-state index is 0.0614. The summed E-state index contributed by atoms with van der Waals surface area (Å²) in [4.78, 5) is 14.9. The molecule has 0 bridgehead atoms. The van der Waals surface area contributed by atoms with Crippen LogP contribution in [0.2, 0.25) is 0 Å². The number of allylic oxidation sites excluding steroid dienone is 1. The summed E-state index contributed by atoms with van der Waals surface area (Å²) < 4.78 is 26.0. The first kappa shape index (κ1) is 17.1. The lowest BCUT2D eigenvalue weighted by molar-refractivity contribution is 0.0691. The number of carbonyl (C=O) groups is 1. The van der Waals surface area contributed by atoms with E-state index in [1.807, 2.05) is 0 Å². The summed E-state index contributed by atoms with van der Waals surface area (Å²) in [7, 11) is -3.23. The molecule has 0 saturated carbocycles. The third kappa shape index (κ3) is 4.37. The molecule has 1 fully saturated rings. The van der Waals surface area contributed by atoms with Crippen molar-refractivity contribution in [2.75, 3.05) is 18.8 Å². The van der Waals surface area contributed by atoms with E-state index in [0.29, 0.717) is 25.9 Å². The Hall–Kier alpha value is -1.25. The summed E-state index contributed by atoms with van der Waals surface area (Å²) in [6.07, 6.45) is 4.47. The van der Waals surface area contributed by atoms with Crippen molar-refractivity contribution in [1.82, 2.24) is 9.29 Å². The standard InChI is InChI=1S/C14H20N2O4S2/c1-2-3-7-22(19,20)16-6-4-5-11(9-16)8-13-15-12(10-21-13)14(17)18/h2,10-11H,1,3-9H2,(H,17,18). The summed E-state index contributed by atoms with van der Waals surface area (Å²) in [5.74, 6) is -0.733. The van der Waals surface area contributed by atoms with E-state index in [1.165, 1.54) is 16.7 Å². The van der Waals surface area contributed by atoms with Gasteiger partial charge in [0.25, 0.3) is 0 Å². The molecule has 1 aliphatic heterocycles. The van der Waals surface area contributed by atoms with E-state index in [-0.39, 0.29) is 17.4 Å². The molecule has 1 unspecified atom stereocenters. The molecule has 0 amide bonds. The molecule has 1 aromatic heterocycles. The monoisotopic (exact) mass is 344 g/mol. The van der Waals surface area contributed by atoms with E-state index in [2.05, 4.69) is 11.6 Å². The summed E-state index contributed by atoms with van der Waals surface area (Å²) in [6, 6.07) is 0. The molecule has 2 rings (SSSR count). The van der Waals surface area contributed by atoms with E-state index >= 15 is 0 Å². The highest BCUT2D eigenvalue weighted by Crippen LogP contribution is 2.24. The van der Waals surface area contributed by atoms with Gasteiger partial charge >= 0.3 is 5.97 Å². The Morgan fingerprint density at radius 2 is 2.36 bits per heavy atom. The van der Waals surface area contributed by atoms with E-state index in [1.54, 1.807) is 10.4 Å². The van der Waals surface area contributed by atoms with Crippen molar-refractivity contribution >= 4 is 27.3 Å². The third-order valence-corrected chi connectivity index (χ3v) is 6.43. The highest BCUT2D eigenvalue weighted by atomic mass is 32.2. The Balaban J connectivity index is 1.98. The lowest BCUT2D eigenvalue weighted by Crippen LogP contribution is -2.41. The summed E-state index contributed by atoms with van der Waals surface area (Å²) in [6.45, 7) is 4.61. The smallest absolute Gasteiger partial charge is 0.355 e. The number of carboxylic acids is 1. The topological polar surface area (TPSA) is 87.6 Å². The molecular weight excluding hydrogens is 324 g/mol. The third-order valence-electron chi connectivity index (χ3n) is 3.69. The van der Waals surface area contributed by atoms with Crippen molar-refractivity contribution in [3.8, 4) is 0 Å². The number of aromatic carboxylic acids is 1. The van der Waals surface area contributed by atoms with Crippen LogP contribution in [-0.2, 0) is 16.4 Å². The average molecular weight is 344 g/mol. The van der Waals surface area contributed by atoms with Crippen LogP contribution in [0.15, 0.2) is 18.0 Å². The quantitative estimate of drug-likeness (QED) is 0.765. The Labute approximate surface area is 134 Å². The van der Waals surface area contributed by atoms with Crippen LogP contribution in [-0.4, -0.2) is 47.6 Å². The van der Waals surface area contributed by atoms with Crippen LogP contribution in [0, 0.1) is 5.92 Å². The second kappa shape index (κ2) is 7.34. The number of hydrogen-bond donors (Lipinski definition) is 1. The largest absolute Gasteiger partial charge is 0.476 e. The number of carboxylic acid groups (broad SMARTS) is 1. The van der Waals surface area contributed by atoms with Gasteiger partial charge in [0.05, 0.1) is 10.8 Å². The van der Waals surface area contributed by atoms with Crippen LogP contribution in [0.1, 0.15) is 34.8 Å². The first-order valence-corrected chi connectivity index (χ1v) is 9.67. The normalized spacial score (nSPS) is 19.9. The molecule has 2 heterocycles. The van der Waals surface area contributed by atoms with Gasteiger partial charge < -0.3 is 5.11 Å². The molecular formula is C14H20N2O4S2. The number of aromatic nitrogens is 1. The van der Waals surface area contributed by atoms with Crippen LogP contribution in [0.5, 0.6) is 0 Å². The second-order valence-electron chi connectivity index (χ2n) is 5.40. The van der Waals surface area contributed by atoms with Crippen LogP contribution in [0.25, 0.3) is 0 Å². The number of nitrogens with zero attached hydrogens (tertiary/aromatic N) is 2. The lowest BCUT2D eigenvalue weighted by atomic mass is 9.96. The summed E-state index contributed by atoms with van der Waals surface area (Å²) >= 11 is 1.32. The van der Waals surface area contributed by atoms with Gasteiger partial charge in [-0.2, -0.15) is 0 Å². The van der Waals surface area contributed by atoms with E-state index < -0.39 is 16.0 Å². The first-order chi connectivity index (χ1) is 10.4. The Kier molecular flexibility index (Phi) is 5.71. The van der Waals surface area contributed by atoms with Gasteiger partial charge in [-0.05, 0) is 25.2 Å². The van der Waals surface area contributed by atoms with Crippen molar-refractivity contribution in [2.45, 2.75) is 25.7 Å². The zero-order valence-corrected chi connectivity index (χ0v) is 13.9. The fraction of sp³-hybridized carbons (Fsp3) is 0.571. The molecule has 122 valence electrons. The van der Waals surface area contributed by atoms with E-state index in [4.69, 9.17) is 5.11 Å². The van der Waals surface area contributed by atoms with Gasteiger partial charge in [0, 0.05) is 24.9 Å². The molecule has 1 aliphatic rings. The molecule has 1 N–H and O–H groups in total. The minimum atomic E-state index is -3.23. The van der Waals surface area contributed by atoms with Crippen LogP contribution in [0.3, 0.4) is 0 Å². The van der Waals surface area contributed by atoms with Gasteiger partial charge in [-0.25, -0.2) is 22.5 Å². The molecule has 0 aliphatic carbocycles. The fourth-order valence-corrected chi connectivity index (χ4v) is 5.01. The Bertz CT molecular complexity index is 639. The zero-order valence-electron chi connectivity index (χ0n) is 12.3. The predicted octanol–water partition coefficient (Wildman–Crippen LogP) is 2.00. The number of rotatable bonds is 7. The van der Waals surface area contributed by atoms with Crippen molar-refractivity contribution in [1.29, 1.82) is 0 Å².